The molecule has 0 atom stereocenters. The first-order valence-electron chi connectivity index (χ1n) is 7.51. The molecule has 0 saturated heterocycles. The summed E-state index contributed by atoms with van der Waals surface area (Å²) in [5, 5.41) is 14.6. The molecule has 8 heteroatoms. The van der Waals surface area contributed by atoms with E-state index in [0.29, 0.717) is 18.1 Å². The highest BCUT2D eigenvalue weighted by Crippen LogP contribution is 2.26. The molecule has 2 aromatic rings. The maximum atomic E-state index is 11.8. The lowest BCUT2D eigenvalue weighted by Crippen LogP contribution is -2.24. The molecule has 1 N–H and O–H groups in total. The molecule has 0 aliphatic heterocycles. The van der Waals surface area contributed by atoms with Gasteiger partial charge in [0.15, 0.2) is 18.1 Å². The van der Waals surface area contributed by atoms with Crippen LogP contribution in [0.2, 0.25) is 0 Å². The number of ether oxygens (including phenoxy) is 2. The summed E-state index contributed by atoms with van der Waals surface area (Å²) in [7, 11) is 0. The van der Waals surface area contributed by atoms with E-state index in [0.717, 1.165) is 0 Å². The van der Waals surface area contributed by atoms with Crippen LogP contribution in [0.3, 0.4) is 0 Å². The van der Waals surface area contributed by atoms with E-state index < -0.39 is 10.8 Å². The van der Waals surface area contributed by atoms with Crippen molar-refractivity contribution in [1.82, 2.24) is 5.43 Å². The summed E-state index contributed by atoms with van der Waals surface area (Å²) in [6.07, 6.45) is 1.21. The Morgan fingerprint density at radius 1 is 1.16 bits per heavy atom. The molecule has 0 saturated carbocycles. The lowest BCUT2D eigenvalue weighted by Gasteiger charge is -2.10. The number of nitro benzene ring substituents is 1. The van der Waals surface area contributed by atoms with E-state index in [1.807, 2.05) is 6.92 Å². The number of nitrogens with zero attached hydrogens (tertiary/aromatic N) is 2. The summed E-state index contributed by atoms with van der Waals surface area (Å²) >= 11 is 0. The largest absolute Gasteiger partial charge is 0.490 e. The van der Waals surface area contributed by atoms with Crippen LogP contribution in [0.25, 0.3) is 0 Å². The van der Waals surface area contributed by atoms with E-state index in [4.69, 9.17) is 9.47 Å². The fourth-order valence-corrected chi connectivity index (χ4v) is 1.96. The summed E-state index contributed by atoms with van der Waals surface area (Å²) < 4.78 is 10.8. The molecule has 130 valence electrons. The molecule has 0 aliphatic carbocycles. The smallest absolute Gasteiger partial charge is 0.278 e. The zero-order valence-corrected chi connectivity index (χ0v) is 13.5. The van der Waals surface area contributed by atoms with E-state index in [-0.39, 0.29) is 17.9 Å². The summed E-state index contributed by atoms with van der Waals surface area (Å²) in [6, 6.07) is 13.1. The molecule has 0 aliphatic rings. The quantitative estimate of drug-likeness (QED) is 0.451. The van der Waals surface area contributed by atoms with Crippen molar-refractivity contribution in [3.8, 4) is 11.5 Å². The van der Waals surface area contributed by atoms with E-state index in [2.05, 4.69) is 10.5 Å². The number of carbonyl (C=O) groups excluding carboxylic acids is 1. The molecule has 25 heavy (non-hydrogen) atoms. The summed E-state index contributed by atoms with van der Waals surface area (Å²) in [6.45, 7) is 2.06. The van der Waals surface area contributed by atoms with Gasteiger partial charge in [-0.15, -0.1) is 0 Å². The minimum Gasteiger partial charge on any atom is -0.490 e. The molecule has 1 amide bonds. The van der Waals surface area contributed by atoms with Crippen molar-refractivity contribution in [1.29, 1.82) is 0 Å². The monoisotopic (exact) mass is 343 g/mol. The van der Waals surface area contributed by atoms with Crippen LogP contribution in [0, 0.1) is 10.1 Å². The summed E-state index contributed by atoms with van der Waals surface area (Å²) in [5.41, 5.74) is 2.45. The Bertz CT molecular complexity index is 776. The molecule has 0 unspecified atom stereocenters. The van der Waals surface area contributed by atoms with Crippen molar-refractivity contribution in [2.24, 2.45) is 5.10 Å². The van der Waals surface area contributed by atoms with Gasteiger partial charge in [0.2, 0.25) is 0 Å². The number of benzene rings is 2. The fraction of sp³-hybridized carbons (Fsp3) is 0.176. The highest BCUT2D eigenvalue weighted by molar-refractivity contribution is 5.86. The first-order chi connectivity index (χ1) is 12.1. The Morgan fingerprint density at radius 2 is 1.80 bits per heavy atom. The van der Waals surface area contributed by atoms with E-state index in [1.54, 1.807) is 36.4 Å². The molecular weight excluding hydrogens is 326 g/mol. The van der Waals surface area contributed by atoms with Gasteiger partial charge in [0, 0.05) is 6.07 Å². The fourth-order valence-electron chi connectivity index (χ4n) is 1.96. The van der Waals surface area contributed by atoms with Crippen molar-refractivity contribution >= 4 is 17.8 Å². The zero-order valence-electron chi connectivity index (χ0n) is 13.5. The van der Waals surface area contributed by atoms with Gasteiger partial charge in [-0.25, -0.2) is 5.43 Å². The van der Waals surface area contributed by atoms with Gasteiger partial charge >= 0.3 is 0 Å². The maximum Gasteiger partial charge on any atom is 0.278 e. The van der Waals surface area contributed by atoms with Crippen LogP contribution in [-0.4, -0.2) is 30.3 Å². The third-order valence-corrected chi connectivity index (χ3v) is 3.03. The minimum atomic E-state index is -0.517. The second-order valence-electron chi connectivity index (χ2n) is 4.78. The Kier molecular flexibility index (Phi) is 6.47. The minimum absolute atomic E-state index is 0.0950. The molecule has 0 spiro atoms. The molecule has 0 aromatic heterocycles. The van der Waals surface area contributed by atoms with Gasteiger partial charge in [0.1, 0.15) is 0 Å². The number of para-hydroxylation sites is 3. The Balaban J connectivity index is 1.90. The average molecular weight is 343 g/mol. The van der Waals surface area contributed by atoms with Crippen LogP contribution in [0.5, 0.6) is 11.5 Å². The van der Waals surface area contributed by atoms with Crippen LogP contribution in [-0.2, 0) is 4.79 Å². The SMILES string of the molecule is CCOc1ccccc1OCC(=O)NN=Cc1ccccc1[N+](=O)[O-]. The predicted molar refractivity (Wildman–Crippen MR) is 91.9 cm³/mol. The number of amides is 1. The number of hydrogen-bond acceptors (Lipinski definition) is 6. The Labute approximate surface area is 144 Å². The average Bonchev–Trinajstić information content (AvgIpc) is 2.61. The normalized spacial score (nSPS) is 10.4. The van der Waals surface area contributed by atoms with Gasteiger partial charge in [-0.2, -0.15) is 5.10 Å². The first kappa shape index (κ1) is 17.9. The van der Waals surface area contributed by atoms with Gasteiger partial charge in [-0.05, 0) is 25.1 Å². The highest BCUT2D eigenvalue weighted by Gasteiger charge is 2.10. The van der Waals surface area contributed by atoms with Crippen molar-refractivity contribution in [3.05, 3.63) is 64.2 Å². The Hall–Kier alpha value is -3.42. The number of nitro groups is 1. The highest BCUT2D eigenvalue weighted by atomic mass is 16.6. The molecule has 0 radical (unpaired) electrons. The lowest BCUT2D eigenvalue weighted by atomic mass is 10.2. The number of hydrazone groups is 1. The van der Waals surface area contributed by atoms with E-state index in [9.17, 15) is 14.9 Å². The van der Waals surface area contributed by atoms with E-state index in [1.165, 1.54) is 18.3 Å². The van der Waals surface area contributed by atoms with Crippen molar-refractivity contribution in [3.63, 3.8) is 0 Å². The second kappa shape index (κ2) is 9.02. The zero-order chi connectivity index (χ0) is 18.1. The van der Waals surface area contributed by atoms with Crippen molar-refractivity contribution in [2.45, 2.75) is 6.92 Å². The molecule has 2 aromatic carbocycles. The molecule has 0 bridgehead atoms. The third kappa shape index (κ3) is 5.31. The maximum absolute atomic E-state index is 11.8. The third-order valence-electron chi connectivity index (χ3n) is 3.03. The first-order valence-corrected chi connectivity index (χ1v) is 7.51. The molecule has 2 rings (SSSR count). The van der Waals surface area contributed by atoms with E-state index >= 15 is 0 Å². The topological polar surface area (TPSA) is 103 Å². The summed E-state index contributed by atoms with van der Waals surface area (Å²) in [5.74, 6) is 0.490. The Morgan fingerprint density at radius 3 is 2.48 bits per heavy atom. The number of hydrogen-bond donors (Lipinski definition) is 1. The predicted octanol–water partition coefficient (Wildman–Crippen LogP) is 2.52. The van der Waals surface area contributed by atoms with Gasteiger partial charge in [-0.3, -0.25) is 14.9 Å². The standard InChI is InChI=1S/C17H17N3O5/c1-2-24-15-9-5-6-10-16(15)25-12-17(21)19-18-11-13-7-3-4-8-14(13)20(22)23/h3-11H,2,12H2,1H3,(H,19,21). The second-order valence-corrected chi connectivity index (χ2v) is 4.78. The van der Waals surface area contributed by atoms with Crippen LogP contribution >= 0.6 is 0 Å². The van der Waals surface area contributed by atoms with Crippen molar-refractivity contribution < 1.29 is 19.2 Å². The molecule has 8 nitrogen and oxygen atoms in total. The molecular formula is C17H17N3O5. The summed E-state index contributed by atoms with van der Waals surface area (Å²) in [4.78, 5) is 22.1. The van der Waals surface area contributed by atoms with Crippen molar-refractivity contribution in [2.75, 3.05) is 13.2 Å². The van der Waals surface area contributed by atoms with Gasteiger partial charge in [-0.1, -0.05) is 24.3 Å². The van der Waals surface area contributed by atoms with Gasteiger partial charge in [0.05, 0.1) is 23.3 Å². The van der Waals surface area contributed by atoms with Crippen LogP contribution in [0.15, 0.2) is 53.6 Å². The van der Waals surface area contributed by atoms with Gasteiger partial charge < -0.3 is 9.47 Å². The van der Waals surface area contributed by atoms with Gasteiger partial charge in [0.25, 0.3) is 11.6 Å². The van der Waals surface area contributed by atoms with Crippen LogP contribution in [0.4, 0.5) is 5.69 Å². The molecule has 0 heterocycles. The molecule has 0 fully saturated rings. The number of rotatable bonds is 8. The lowest BCUT2D eigenvalue weighted by molar-refractivity contribution is -0.385. The number of nitrogens with one attached hydrogen (secondary N) is 1. The van der Waals surface area contributed by atoms with Crippen LogP contribution in [0.1, 0.15) is 12.5 Å². The van der Waals surface area contributed by atoms with Crippen LogP contribution < -0.4 is 14.9 Å². The number of carbonyl (C=O) groups is 1.